The van der Waals surface area contributed by atoms with Crippen molar-refractivity contribution in [1.82, 2.24) is 4.90 Å². The average Bonchev–Trinajstić information content (AvgIpc) is 2.61. The lowest BCUT2D eigenvalue weighted by molar-refractivity contribution is -0.125. The first kappa shape index (κ1) is 9.71. The van der Waals surface area contributed by atoms with Crippen LogP contribution in [0.25, 0.3) is 0 Å². The fourth-order valence-electron chi connectivity index (χ4n) is 1.68. The van der Waals surface area contributed by atoms with Gasteiger partial charge in [-0.05, 0) is 12.1 Å². The van der Waals surface area contributed by atoms with Crippen LogP contribution in [0.4, 0.5) is 10.5 Å². The molecule has 1 aromatic carbocycles. The summed E-state index contributed by atoms with van der Waals surface area (Å²) in [6.45, 7) is 2.46. The first-order valence-corrected chi connectivity index (χ1v) is 4.85. The number of carbonyl (C=O) groups is 2. The fourth-order valence-corrected chi connectivity index (χ4v) is 1.68. The minimum atomic E-state index is -0.228. The van der Waals surface area contributed by atoms with E-state index in [2.05, 4.69) is 0 Å². The average molecular weight is 204 g/mol. The third-order valence-electron chi connectivity index (χ3n) is 2.46. The van der Waals surface area contributed by atoms with Crippen molar-refractivity contribution in [3.05, 3.63) is 30.3 Å². The molecular formula is C11H12N2O2. The van der Waals surface area contributed by atoms with Crippen LogP contribution in [0.15, 0.2) is 30.3 Å². The monoisotopic (exact) mass is 204 g/mol. The molecule has 0 atom stereocenters. The Balaban J connectivity index is 2.21. The van der Waals surface area contributed by atoms with Crippen LogP contribution in [0, 0.1) is 0 Å². The van der Waals surface area contributed by atoms with E-state index < -0.39 is 0 Å². The van der Waals surface area contributed by atoms with Crippen LogP contribution in [0.3, 0.4) is 0 Å². The van der Waals surface area contributed by atoms with Crippen molar-refractivity contribution >= 4 is 17.6 Å². The summed E-state index contributed by atoms with van der Waals surface area (Å²) in [6.07, 6.45) is 0. The molecule has 0 aliphatic carbocycles. The van der Waals surface area contributed by atoms with E-state index in [1.54, 1.807) is 4.90 Å². The third kappa shape index (κ3) is 1.70. The second kappa shape index (κ2) is 3.73. The van der Waals surface area contributed by atoms with Gasteiger partial charge in [-0.3, -0.25) is 14.6 Å². The highest BCUT2D eigenvalue weighted by atomic mass is 16.2. The smallest absolute Gasteiger partial charge is 0.292 e. The van der Waals surface area contributed by atoms with Crippen molar-refractivity contribution < 1.29 is 9.59 Å². The van der Waals surface area contributed by atoms with Crippen LogP contribution in [0.5, 0.6) is 0 Å². The molecule has 2 rings (SSSR count). The SMILES string of the molecule is CC(=O)N1CCN(c2ccccc2)C1=O. The zero-order chi connectivity index (χ0) is 10.8. The van der Waals surface area contributed by atoms with Gasteiger partial charge >= 0.3 is 6.03 Å². The van der Waals surface area contributed by atoms with Crippen LogP contribution in [0.1, 0.15) is 6.92 Å². The van der Waals surface area contributed by atoms with Gasteiger partial charge in [-0.2, -0.15) is 0 Å². The molecule has 0 unspecified atom stereocenters. The third-order valence-corrected chi connectivity index (χ3v) is 2.46. The molecule has 4 nitrogen and oxygen atoms in total. The molecule has 4 heteroatoms. The van der Waals surface area contributed by atoms with Crippen molar-refractivity contribution in [2.24, 2.45) is 0 Å². The highest BCUT2D eigenvalue weighted by Crippen LogP contribution is 2.19. The molecule has 1 aromatic rings. The summed E-state index contributed by atoms with van der Waals surface area (Å²) in [5.74, 6) is -0.196. The molecule has 1 saturated heterocycles. The minimum Gasteiger partial charge on any atom is -0.292 e. The first-order valence-electron chi connectivity index (χ1n) is 4.85. The van der Waals surface area contributed by atoms with E-state index in [1.165, 1.54) is 11.8 Å². The standard InChI is InChI=1S/C11H12N2O2/c1-9(14)12-7-8-13(11(12)15)10-5-3-2-4-6-10/h2-6H,7-8H2,1H3. The Morgan fingerprint density at radius 1 is 1.20 bits per heavy atom. The molecule has 15 heavy (non-hydrogen) atoms. The maximum Gasteiger partial charge on any atom is 0.331 e. The molecule has 0 bridgehead atoms. The second-order valence-electron chi connectivity index (χ2n) is 3.44. The summed E-state index contributed by atoms with van der Waals surface area (Å²) >= 11 is 0. The summed E-state index contributed by atoms with van der Waals surface area (Å²) in [6, 6.07) is 9.14. The number of amides is 3. The van der Waals surface area contributed by atoms with E-state index >= 15 is 0 Å². The fraction of sp³-hybridized carbons (Fsp3) is 0.273. The summed E-state index contributed by atoms with van der Waals surface area (Å²) in [4.78, 5) is 25.8. The Hall–Kier alpha value is -1.84. The topological polar surface area (TPSA) is 40.6 Å². The summed E-state index contributed by atoms with van der Waals surface area (Å²) in [5.41, 5.74) is 0.839. The van der Waals surface area contributed by atoms with E-state index in [1.807, 2.05) is 30.3 Å². The number of benzene rings is 1. The van der Waals surface area contributed by atoms with Crippen molar-refractivity contribution in [3.63, 3.8) is 0 Å². The van der Waals surface area contributed by atoms with Gasteiger partial charge < -0.3 is 0 Å². The first-order chi connectivity index (χ1) is 7.20. The summed E-state index contributed by atoms with van der Waals surface area (Å²) in [7, 11) is 0. The molecule has 1 aliphatic heterocycles. The number of hydrogen-bond acceptors (Lipinski definition) is 2. The predicted molar refractivity (Wildman–Crippen MR) is 56.6 cm³/mol. The van der Waals surface area contributed by atoms with Gasteiger partial charge in [0.1, 0.15) is 0 Å². The minimum absolute atomic E-state index is 0.196. The quantitative estimate of drug-likeness (QED) is 0.695. The van der Waals surface area contributed by atoms with Gasteiger partial charge in [0, 0.05) is 25.7 Å². The highest BCUT2D eigenvalue weighted by Gasteiger charge is 2.31. The largest absolute Gasteiger partial charge is 0.331 e. The molecular weight excluding hydrogens is 192 g/mol. The van der Waals surface area contributed by atoms with Crippen LogP contribution in [0.2, 0.25) is 0 Å². The maximum atomic E-state index is 11.8. The number of hydrogen-bond donors (Lipinski definition) is 0. The number of carbonyl (C=O) groups excluding carboxylic acids is 2. The van der Waals surface area contributed by atoms with Crippen molar-refractivity contribution in [2.75, 3.05) is 18.0 Å². The molecule has 0 aromatic heterocycles. The number of rotatable bonds is 1. The Morgan fingerprint density at radius 2 is 1.87 bits per heavy atom. The van der Waals surface area contributed by atoms with Crippen LogP contribution in [-0.2, 0) is 4.79 Å². The molecule has 3 amide bonds. The van der Waals surface area contributed by atoms with E-state index in [-0.39, 0.29) is 11.9 Å². The predicted octanol–water partition coefficient (Wildman–Crippen LogP) is 1.48. The van der Waals surface area contributed by atoms with Crippen molar-refractivity contribution in [1.29, 1.82) is 0 Å². The Bertz CT molecular complexity index is 389. The molecule has 0 N–H and O–H groups in total. The Kier molecular flexibility index (Phi) is 2.41. The summed E-state index contributed by atoms with van der Waals surface area (Å²) < 4.78 is 0. The zero-order valence-electron chi connectivity index (χ0n) is 8.51. The molecule has 0 spiro atoms. The number of anilines is 1. The second-order valence-corrected chi connectivity index (χ2v) is 3.44. The molecule has 1 heterocycles. The Labute approximate surface area is 88.1 Å². The van der Waals surface area contributed by atoms with Gasteiger partial charge in [-0.15, -0.1) is 0 Å². The van der Waals surface area contributed by atoms with Gasteiger partial charge in [-0.25, -0.2) is 4.79 Å². The van der Waals surface area contributed by atoms with Crippen LogP contribution >= 0.6 is 0 Å². The lowest BCUT2D eigenvalue weighted by Gasteiger charge is -2.16. The van der Waals surface area contributed by atoms with Crippen molar-refractivity contribution in [3.8, 4) is 0 Å². The van der Waals surface area contributed by atoms with Gasteiger partial charge in [0.25, 0.3) is 0 Å². The number of imide groups is 1. The Morgan fingerprint density at radius 3 is 2.40 bits per heavy atom. The van der Waals surface area contributed by atoms with E-state index in [4.69, 9.17) is 0 Å². The number of nitrogens with zero attached hydrogens (tertiary/aromatic N) is 2. The van der Waals surface area contributed by atoms with Crippen LogP contribution in [-0.4, -0.2) is 29.9 Å². The lowest BCUT2D eigenvalue weighted by Crippen LogP contribution is -2.34. The number of para-hydroxylation sites is 1. The van der Waals surface area contributed by atoms with E-state index in [0.717, 1.165) is 5.69 Å². The van der Waals surface area contributed by atoms with E-state index in [0.29, 0.717) is 13.1 Å². The highest BCUT2D eigenvalue weighted by molar-refractivity contribution is 6.03. The van der Waals surface area contributed by atoms with Gasteiger partial charge in [0.05, 0.1) is 0 Å². The molecule has 1 aliphatic rings. The van der Waals surface area contributed by atoms with E-state index in [9.17, 15) is 9.59 Å². The zero-order valence-corrected chi connectivity index (χ0v) is 8.51. The van der Waals surface area contributed by atoms with Gasteiger partial charge in [-0.1, -0.05) is 18.2 Å². The molecule has 0 radical (unpaired) electrons. The van der Waals surface area contributed by atoms with Crippen LogP contribution < -0.4 is 4.90 Å². The molecule has 0 saturated carbocycles. The lowest BCUT2D eigenvalue weighted by atomic mass is 10.3. The molecule has 78 valence electrons. The summed E-state index contributed by atoms with van der Waals surface area (Å²) in [5, 5.41) is 0. The van der Waals surface area contributed by atoms with Gasteiger partial charge in [0.15, 0.2) is 0 Å². The van der Waals surface area contributed by atoms with Gasteiger partial charge in [0.2, 0.25) is 5.91 Å². The normalized spacial score (nSPS) is 15.9. The number of urea groups is 1. The van der Waals surface area contributed by atoms with Crippen molar-refractivity contribution in [2.45, 2.75) is 6.92 Å². The maximum absolute atomic E-state index is 11.8. The molecule has 1 fully saturated rings.